The molecule has 0 aromatic heterocycles. The lowest BCUT2D eigenvalue weighted by Gasteiger charge is -2.29. The number of nitrogens with zero attached hydrogens (tertiary/aromatic N) is 1. The molecule has 2 atom stereocenters. The summed E-state index contributed by atoms with van der Waals surface area (Å²) in [6.45, 7) is 2.24. The van der Waals surface area contributed by atoms with Gasteiger partial charge in [0.2, 0.25) is 0 Å². The number of methoxy groups -OCH3 is 1. The van der Waals surface area contributed by atoms with Gasteiger partial charge in [-0.25, -0.2) is 0 Å². The number of hydrogen-bond acceptors (Lipinski definition) is 4. The molecule has 1 amide bonds. The van der Waals surface area contributed by atoms with Gasteiger partial charge in [0.25, 0.3) is 5.91 Å². The Kier molecular flexibility index (Phi) is 7.76. The molecule has 0 spiro atoms. The van der Waals surface area contributed by atoms with E-state index in [1.165, 1.54) is 13.5 Å². The molecule has 1 aromatic rings. The zero-order valence-corrected chi connectivity index (χ0v) is 17.1. The first-order valence-corrected chi connectivity index (χ1v) is 9.66. The molecule has 142 valence electrons. The molecule has 2 rings (SSSR count). The number of nitriles is 1. The van der Waals surface area contributed by atoms with Gasteiger partial charge in [0.1, 0.15) is 18.2 Å². The van der Waals surface area contributed by atoms with E-state index in [1.807, 2.05) is 6.07 Å². The number of ether oxygens (including phenoxy) is 2. The minimum atomic E-state index is -0.348. The van der Waals surface area contributed by atoms with Crippen molar-refractivity contribution in [1.82, 2.24) is 5.32 Å². The van der Waals surface area contributed by atoms with Crippen LogP contribution in [0, 0.1) is 29.6 Å². The van der Waals surface area contributed by atoms with E-state index in [2.05, 4.69) is 34.1 Å². The molecule has 1 N–H and O–H groups in total. The minimum absolute atomic E-state index is 0.0546. The largest absolute Gasteiger partial charge is 0.493 e. The SMILES string of the molecule is C#CCOc1c(Br)cc(/C=C(\C#N)C(=O)N[C@@H]2CCCC[C@H]2C)cc1OC. The Morgan fingerprint density at radius 3 is 2.81 bits per heavy atom. The number of halogens is 1. The van der Waals surface area contributed by atoms with E-state index in [0.29, 0.717) is 27.5 Å². The third-order valence-electron chi connectivity index (χ3n) is 4.66. The van der Waals surface area contributed by atoms with Gasteiger partial charge >= 0.3 is 0 Å². The van der Waals surface area contributed by atoms with Crippen molar-refractivity contribution in [3.05, 3.63) is 27.7 Å². The predicted octanol–water partition coefficient (Wildman–Crippen LogP) is 4.07. The van der Waals surface area contributed by atoms with Crippen molar-refractivity contribution in [1.29, 1.82) is 5.26 Å². The maximum absolute atomic E-state index is 12.5. The summed E-state index contributed by atoms with van der Waals surface area (Å²) in [7, 11) is 1.51. The topological polar surface area (TPSA) is 71.3 Å². The number of carbonyl (C=O) groups is 1. The number of benzene rings is 1. The normalized spacial score (nSPS) is 19.5. The van der Waals surface area contributed by atoms with Gasteiger partial charge < -0.3 is 14.8 Å². The van der Waals surface area contributed by atoms with Crippen LogP contribution in [0.15, 0.2) is 22.2 Å². The van der Waals surface area contributed by atoms with Crippen molar-refractivity contribution in [3.8, 4) is 29.9 Å². The van der Waals surface area contributed by atoms with Gasteiger partial charge in [0.05, 0.1) is 11.6 Å². The molecule has 1 fully saturated rings. The second-order valence-corrected chi connectivity index (χ2v) is 7.39. The van der Waals surface area contributed by atoms with E-state index in [0.717, 1.165) is 19.3 Å². The van der Waals surface area contributed by atoms with Crippen LogP contribution < -0.4 is 14.8 Å². The Labute approximate surface area is 168 Å². The molecule has 0 saturated heterocycles. The Morgan fingerprint density at radius 2 is 2.19 bits per heavy atom. The number of hydrogen-bond donors (Lipinski definition) is 1. The number of terminal acetylenes is 1. The van der Waals surface area contributed by atoms with Crippen LogP contribution in [0.5, 0.6) is 11.5 Å². The van der Waals surface area contributed by atoms with E-state index in [9.17, 15) is 10.1 Å². The van der Waals surface area contributed by atoms with E-state index < -0.39 is 0 Å². The molecule has 1 aliphatic rings. The van der Waals surface area contributed by atoms with Gasteiger partial charge in [-0.2, -0.15) is 5.26 Å². The van der Waals surface area contributed by atoms with Crippen LogP contribution in [0.3, 0.4) is 0 Å². The summed E-state index contributed by atoms with van der Waals surface area (Å²) in [5.41, 5.74) is 0.703. The highest BCUT2D eigenvalue weighted by Gasteiger charge is 2.24. The molecule has 6 heteroatoms. The molecule has 0 unspecified atom stereocenters. The summed E-state index contributed by atoms with van der Waals surface area (Å²) in [5.74, 6) is 3.41. The highest BCUT2D eigenvalue weighted by molar-refractivity contribution is 9.10. The lowest BCUT2D eigenvalue weighted by atomic mass is 9.86. The third kappa shape index (κ3) is 5.52. The summed E-state index contributed by atoms with van der Waals surface area (Å²) in [4.78, 5) is 12.5. The molecule has 0 heterocycles. The standard InChI is InChI=1S/C21H23BrN2O3/c1-4-9-27-20-17(22)11-15(12-19(20)26-3)10-16(13-23)21(25)24-18-8-6-5-7-14(18)2/h1,10-12,14,18H,5-9H2,2-3H3,(H,24,25)/b16-10+/t14-,18-/m1/s1. The lowest BCUT2D eigenvalue weighted by molar-refractivity contribution is -0.118. The first-order valence-electron chi connectivity index (χ1n) is 8.86. The fourth-order valence-electron chi connectivity index (χ4n) is 3.17. The summed E-state index contributed by atoms with van der Waals surface area (Å²) in [6.07, 6.45) is 11.1. The number of rotatable bonds is 6. The van der Waals surface area contributed by atoms with Crippen molar-refractivity contribution >= 4 is 27.9 Å². The van der Waals surface area contributed by atoms with Crippen molar-refractivity contribution in [2.45, 2.75) is 38.6 Å². The molecule has 0 aliphatic heterocycles. The van der Waals surface area contributed by atoms with Crippen LogP contribution in [0.2, 0.25) is 0 Å². The molecule has 0 radical (unpaired) electrons. The second kappa shape index (κ2) is 10.0. The molecule has 27 heavy (non-hydrogen) atoms. The molecular weight excluding hydrogens is 408 g/mol. The summed E-state index contributed by atoms with van der Waals surface area (Å²) >= 11 is 3.42. The van der Waals surface area contributed by atoms with Crippen LogP contribution >= 0.6 is 15.9 Å². The fraction of sp³-hybridized carbons (Fsp3) is 0.429. The minimum Gasteiger partial charge on any atom is -0.493 e. The fourth-order valence-corrected chi connectivity index (χ4v) is 3.74. The summed E-state index contributed by atoms with van der Waals surface area (Å²) in [5, 5.41) is 12.5. The number of amides is 1. The van der Waals surface area contributed by atoms with Gasteiger partial charge in [-0.05, 0) is 58.5 Å². The van der Waals surface area contributed by atoms with E-state index in [-0.39, 0.29) is 24.1 Å². The zero-order chi connectivity index (χ0) is 19.8. The average Bonchev–Trinajstić information content (AvgIpc) is 2.66. The highest BCUT2D eigenvalue weighted by atomic mass is 79.9. The van der Waals surface area contributed by atoms with Crippen LogP contribution in [0.1, 0.15) is 38.2 Å². The van der Waals surface area contributed by atoms with Crippen LogP contribution in [0.4, 0.5) is 0 Å². The molecule has 1 aliphatic carbocycles. The van der Waals surface area contributed by atoms with Crippen molar-refractivity contribution in [2.75, 3.05) is 13.7 Å². The average molecular weight is 431 g/mol. The number of carbonyl (C=O) groups excluding carboxylic acids is 1. The van der Waals surface area contributed by atoms with Gasteiger partial charge in [-0.15, -0.1) is 6.42 Å². The second-order valence-electron chi connectivity index (χ2n) is 6.54. The predicted molar refractivity (Wildman–Crippen MR) is 108 cm³/mol. The number of nitrogens with one attached hydrogen (secondary N) is 1. The quantitative estimate of drug-likeness (QED) is 0.419. The Bertz CT molecular complexity index is 805. The first kappa shape index (κ1) is 20.9. The molecular formula is C21H23BrN2O3. The van der Waals surface area contributed by atoms with Gasteiger partial charge in [-0.3, -0.25) is 4.79 Å². The Morgan fingerprint density at radius 1 is 1.44 bits per heavy atom. The van der Waals surface area contributed by atoms with Gasteiger partial charge in [0, 0.05) is 6.04 Å². The molecule has 5 nitrogen and oxygen atoms in total. The van der Waals surface area contributed by atoms with Crippen LogP contribution in [0.25, 0.3) is 6.08 Å². The highest BCUT2D eigenvalue weighted by Crippen LogP contribution is 2.37. The van der Waals surface area contributed by atoms with Crippen molar-refractivity contribution < 1.29 is 14.3 Å². The smallest absolute Gasteiger partial charge is 0.262 e. The first-order chi connectivity index (χ1) is 13.0. The Hall–Kier alpha value is -2.44. The van der Waals surface area contributed by atoms with Crippen LogP contribution in [-0.4, -0.2) is 25.7 Å². The molecule has 1 saturated carbocycles. The van der Waals surface area contributed by atoms with Crippen molar-refractivity contribution in [3.63, 3.8) is 0 Å². The summed E-state index contributed by atoms with van der Waals surface area (Å²) < 4.78 is 11.4. The third-order valence-corrected chi connectivity index (χ3v) is 5.24. The maximum Gasteiger partial charge on any atom is 0.262 e. The molecule has 1 aromatic carbocycles. The maximum atomic E-state index is 12.5. The van der Waals surface area contributed by atoms with E-state index in [4.69, 9.17) is 15.9 Å². The Balaban J connectivity index is 2.23. The monoisotopic (exact) mass is 430 g/mol. The van der Waals surface area contributed by atoms with E-state index in [1.54, 1.807) is 18.2 Å². The van der Waals surface area contributed by atoms with E-state index >= 15 is 0 Å². The van der Waals surface area contributed by atoms with Crippen molar-refractivity contribution in [2.24, 2.45) is 5.92 Å². The van der Waals surface area contributed by atoms with Gasteiger partial charge in [0.15, 0.2) is 11.5 Å². The zero-order valence-electron chi connectivity index (χ0n) is 15.5. The lowest BCUT2D eigenvalue weighted by Crippen LogP contribution is -2.41. The summed E-state index contributed by atoms with van der Waals surface area (Å²) in [6, 6.07) is 5.56. The molecule has 0 bridgehead atoms. The van der Waals surface area contributed by atoms with Gasteiger partial charge in [-0.1, -0.05) is 25.7 Å². The van der Waals surface area contributed by atoms with Crippen LogP contribution in [-0.2, 0) is 4.79 Å².